The number of nitrogens with zero attached hydrogens (tertiary/aromatic N) is 3. The van der Waals surface area contributed by atoms with Crippen molar-refractivity contribution in [1.29, 1.82) is 0 Å². The van der Waals surface area contributed by atoms with Gasteiger partial charge in [-0.05, 0) is 56.4 Å². The van der Waals surface area contributed by atoms with E-state index in [0.717, 1.165) is 28.8 Å². The first kappa shape index (κ1) is 24.4. The van der Waals surface area contributed by atoms with Crippen molar-refractivity contribution in [2.24, 2.45) is 4.99 Å². The Labute approximate surface area is 194 Å². The number of halogens is 4. The minimum atomic E-state index is -0.274. The van der Waals surface area contributed by atoms with E-state index in [2.05, 4.69) is 42.9 Å². The molecule has 3 aromatic rings. The topological polar surface area (TPSA) is 20.5 Å². The van der Waals surface area contributed by atoms with Crippen LogP contribution in [0.15, 0.2) is 59.9 Å². The molecule has 1 aromatic heterocycles. The molecule has 1 aliphatic rings. The summed E-state index contributed by atoms with van der Waals surface area (Å²) >= 11 is 6.30. The molecule has 0 fully saturated rings. The summed E-state index contributed by atoms with van der Waals surface area (Å²) in [4.78, 5) is 7.00. The maximum absolute atomic E-state index is 14.5. The van der Waals surface area contributed by atoms with E-state index >= 15 is 0 Å². The third-order valence-electron chi connectivity index (χ3n) is 5.38. The third-order valence-corrected chi connectivity index (χ3v) is 5.62. The lowest BCUT2D eigenvalue weighted by molar-refractivity contribution is 0.284. The molecule has 3 nitrogen and oxygen atoms in total. The number of benzene rings is 2. The van der Waals surface area contributed by atoms with Crippen LogP contribution in [0.1, 0.15) is 23.6 Å². The molecule has 0 saturated carbocycles. The van der Waals surface area contributed by atoms with Gasteiger partial charge in [0.15, 0.2) is 0 Å². The van der Waals surface area contributed by atoms with Crippen LogP contribution < -0.4 is 0 Å². The van der Waals surface area contributed by atoms with Crippen molar-refractivity contribution in [3.8, 4) is 11.1 Å². The van der Waals surface area contributed by atoms with Crippen LogP contribution >= 0.6 is 36.4 Å². The Morgan fingerprint density at radius 2 is 1.77 bits per heavy atom. The third kappa shape index (κ3) is 4.73. The molecule has 7 heteroatoms. The fourth-order valence-corrected chi connectivity index (χ4v) is 3.75. The van der Waals surface area contributed by atoms with Gasteiger partial charge in [-0.3, -0.25) is 4.99 Å². The van der Waals surface area contributed by atoms with Crippen LogP contribution in [-0.2, 0) is 13.1 Å². The molecule has 0 aliphatic carbocycles. The van der Waals surface area contributed by atoms with Gasteiger partial charge in [-0.15, -0.1) is 24.8 Å². The highest BCUT2D eigenvalue weighted by atomic mass is 35.5. The Morgan fingerprint density at radius 1 is 1.03 bits per heavy atom. The normalized spacial score (nSPS) is 13.3. The van der Waals surface area contributed by atoms with E-state index in [1.54, 1.807) is 12.1 Å². The summed E-state index contributed by atoms with van der Waals surface area (Å²) in [5.74, 6) is -0.274. The van der Waals surface area contributed by atoms with Gasteiger partial charge in [-0.2, -0.15) is 0 Å². The largest absolute Gasteiger partial charge is 0.352 e. The van der Waals surface area contributed by atoms with Crippen LogP contribution in [0.25, 0.3) is 11.1 Å². The van der Waals surface area contributed by atoms with Crippen molar-refractivity contribution in [3.63, 3.8) is 0 Å². The zero-order valence-corrected chi connectivity index (χ0v) is 19.5. The number of fused-ring (bicyclic) bond motifs is 3. The number of aliphatic imine (C=N–C) groups is 1. The summed E-state index contributed by atoms with van der Waals surface area (Å²) in [6.07, 6.45) is 4.32. The molecule has 0 N–H and O–H groups in total. The van der Waals surface area contributed by atoms with E-state index in [9.17, 15) is 4.39 Å². The predicted molar refractivity (Wildman–Crippen MR) is 128 cm³/mol. The summed E-state index contributed by atoms with van der Waals surface area (Å²) in [6, 6.07) is 13.0. The van der Waals surface area contributed by atoms with Gasteiger partial charge in [0, 0.05) is 46.7 Å². The second kappa shape index (κ2) is 9.97. The number of rotatable bonds is 4. The highest BCUT2D eigenvalue weighted by Crippen LogP contribution is 2.35. The van der Waals surface area contributed by atoms with Gasteiger partial charge in [0.25, 0.3) is 0 Å². The molecule has 2 heterocycles. The van der Waals surface area contributed by atoms with Gasteiger partial charge in [0.1, 0.15) is 5.82 Å². The zero-order valence-electron chi connectivity index (χ0n) is 17.1. The molecule has 0 radical (unpaired) electrons. The second-order valence-corrected chi connectivity index (χ2v) is 7.98. The van der Waals surface area contributed by atoms with Crippen LogP contribution in [0.2, 0.25) is 5.02 Å². The van der Waals surface area contributed by atoms with Gasteiger partial charge >= 0.3 is 0 Å². The van der Waals surface area contributed by atoms with Crippen LogP contribution in [0, 0.1) is 5.82 Å². The van der Waals surface area contributed by atoms with E-state index in [1.807, 2.05) is 24.3 Å². The maximum Gasteiger partial charge on any atom is 0.132 e. The predicted octanol–water partition coefficient (Wildman–Crippen LogP) is 6.09. The molecule has 0 bridgehead atoms. The number of hydrogen-bond donors (Lipinski definition) is 0. The number of hydrogen-bond acceptors (Lipinski definition) is 2. The van der Waals surface area contributed by atoms with Gasteiger partial charge < -0.3 is 9.47 Å². The zero-order chi connectivity index (χ0) is 19.8. The van der Waals surface area contributed by atoms with Gasteiger partial charge in [0.05, 0.1) is 12.3 Å². The molecule has 1 aliphatic heterocycles. The molecule has 2 aromatic carbocycles. The first-order valence-corrected chi connectivity index (χ1v) is 9.76. The molecular weight excluding hydrogens is 444 g/mol. The molecule has 4 rings (SSSR count). The molecule has 1 atom stereocenters. The summed E-state index contributed by atoms with van der Waals surface area (Å²) in [6.45, 7) is 3.61. The fraction of sp³-hybridized carbons (Fsp3) is 0.261. The Hall–Kier alpha value is -1.85. The van der Waals surface area contributed by atoms with Crippen LogP contribution in [0.3, 0.4) is 0 Å². The molecular formula is C23H25Cl3FN3. The van der Waals surface area contributed by atoms with E-state index in [4.69, 9.17) is 16.6 Å². The molecule has 1 unspecified atom stereocenters. The van der Waals surface area contributed by atoms with E-state index in [1.165, 1.54) is 6.07 Å². The average molecular weight is 469 g/mol. The van der Waals surface area contributed by atoms with Gasteiger partial charge in [0.2, 0.25) is 0 Å². The standard InChI is InChI=1S/C23H23ClFN3.2ClH/c1-15(27(2)3)12-28-13-16-11-26-23(19-6-4-5-7-22(19)25)20-10-17(24)8-9-18(20)21(16)14-28;;/h4-10,13-15H,11-12H2,1-3H3;2*1H. The van der Waals surface area contributed by atoms with E-state index in [-0.39, 0.29) is 30.6 Å². The first-order chi connectivity index (χ1) is 13.4. The summed E-state index contributed by atoms with van der Waals surface area (Å²) < 4.78 is 16.7. The summed E-state index contributed by atoms with van der Waals surface area (Å²) in [5, 5.41) is 0.618. The summed E-state index contributed by atoms with van der Waals surface area (Å²) in [5.41, 5.74) is 5.34. The Morgan fingerprint density at radius 3 is 2.47 bits per heavy atom. The van der Waals surface area contributed by atoms with E-state index < -0.39 is 0 Å². The van der Waals surface area contributed by atoms with Gasteiger partial charge in [-0.25, -0.2) is 4.39 Å². The average Bonchev–Trinajstić information content (AvgIpc) is 2.99. The Bertz CT molecular complexity index is 1060. The minimum Gasteiger partial charge on any atom is -0.352 e. The van der Waals surface area contributed by atoms with Crippen LogP contribution in [0.4, 0.5) is 4.39 Å². The molecule has 0 amide bonds. The van der Waals surface area contributed by atoms with Crippen LogP contribution in [-0.4, -0.2) is 35.3 Å². The SMILES string of the molecule is CC(Cn1cc2c(c1)-c1ccc(Cl)cc1C(c1ccccc1F)=NC2)N(C)C.Cl.Cl. The van der Waals surface area contributed by atoms with E-state index in [0.29, 0.717) is 28.9 Å². The fourth-order valence-electron chi connectivity index (χ4n) is 3.58. The minimum absolute atomic E-state index is 0. The smallest absolute Gasteiger partial charge is 0.132 e. The molecule has 160 valence electrons. The quantitative estimate of drug-likeness (QED) is 0.453. The lowest BCUT2D eigenvalue weighted by Crippen LogP contribution is -2.28. The van der Waals surface area contributed by atoms with Crippen molar-refractivity contribution >= 4 is 42.1 Å². The Balaban J connectivity index is 0.00000160. The monoisotopic (exact) mass is 467 g/mol. The maximum atomic E-state index is 14.5. The lowest BCUT2D eigenvalue weighted by Gasteiger charge is -2.20. The van der Waals surface area contributed by atoms with Crippen LogP contribution in [0.5, 0.6) is 0 Å². The van der Waals surface area contributed by atoms with Crippen molar-refractivity contribution in [2.75, 3.05) is 14.1 Å². The number of likely N-dealkylation sites (N-methyl/N-ethyl adjacent to an activating group) is 1. The summed E-state index contributed by atoms with van der Waals surface area (Å²) in [7, 11) is 4.17. The Kier molecular flexibility index (Phi) is 8.12. The number of aromatic nitrogens is 1. The molecule has 0 saturated heterocycles. The lowest BCUT2D eigenvalue weighted by atomic mass is 9.94. The highest BCUT2D eigenvalue weighted by Gasteiger charge is 2.22. The van der Waals surface area contributed by atoms with Crippen molar-refractivity contribution in [1.82, 2.24) is 9.47 Å². The molecule has 30 heavy (non-hydrogen) atoms. The van der Waals surface area contributed by atoms with Gasteiger partial charge in [-0.1, -0.05) is 29.8 Å². The van der Waals surface area contributed by atoms with Crippen molar-refractivity contribution in [3.05, 3.63) is 82.4 Å². The second-order valence-electron chi connectivity index (χ2n) is 7.54. The highest BCUT2D eigenvalue weighted by molar-refractivity contribution is 6.31. The van der Waals surface area contributed by atoms with Crippen molar-refractivity contribution < 1.29 is 4.39 Å². The first-order valence-electron chi connectivity index (χ1n) is 9.38. The molecule has 0 spiro atoms. The van der Waals surface area contributed by atoms with Crippen molar-refractivity contribution in [2.45, 2.75) is 26.1 Å².